The maximum Gasteiger partial charge on any atom is 0.141 e. The van der Waals surface area contributed by atoms with E-state index in [9.17, 15) is 0 Å². The largest absolute Gasteiger partial charge is 0.464 e. The van der Waals surface area contributed by atoms with Crippen molar-refractivity contribution in [3.63, 3.8) is 0 Å². The molecule has 2 aromatic heterocycles. The number of hydrogen-bond donors (Lipinski definition) is 0. The van der Waals surface area contributed by atoms with Gasteiger partial charge < -0.3 is 8.83 Å². The van der Waals surface area contributed by atoms with Gasteiger partial charge in [0.15, 0.2) is 0 Å². The number of rotatable bonds is 0. The molecular weight excluding hydrogens is 200 g/mol. The van der Waals surface area contributed by atoms with Gasteiger partial charge >= 0.3 is 0 Å². The molecule has 2 aromatic carbocycles. The van der Waals surface area contributed by atoms with Crippen LogP contribution in [0.5, 0.6) is 0 Å². The highest BCUT2D eigenvalue weighted by Crippen LogP contribution is 2.30. The van der Waals surface area contributed by atoms with Crippen LogP contribution < -0.4 is 0 Å². The fourth-order valence-electron chi connectivity index (χ4n) is 2.21. The smallest absolute Gasteiger partial charge is 0.141 e. The first-order valence-corrected chi connectivity index (χ1v) is 5.19. The lowest BCUT2D eigenvalue weighted by atomic mass is 10.1. The van der Waals surface area contributed by atoms with Crippen LogP contribution in [0.4, 0.5) is 0 Å². The summed E-state index contributed by atoms with van der Waals surface area (Å²) in [5.41, 5.74) is 1.86. The fourth-order valence-corrected chi connectivity index (χ4v) is 2.21. The first-order chi connectivity index (χ1) is 7.92. The molecule has 16 heavy (non-hydrogen) atoms. The highest BCUT2D eigenvalue weighted by atomic mass is 16.3. The summed E-state index contributed by atoms with van der Waals surface area (Å²) in [5, 5.41) is 4.52. The molecule has 0 aliphatic heterocycles. The van der Waals surface area contributed by atoms with E-state index in [0.717, 1.165) is 32.7 Å². The zero-order valence-electron chi connectivity index (χ0n) is 8.44. The topological polar surface area (TPSA) is 26.3 Å². The molecule has 0 aliphatic rings. The summed E-state index contributed by atoms with van der Waals surface area (Å²) in [6, 6.07) is 12.3. The standard InChI is InChI=1S/C14H8O2/c1-2-10-8-13-11(4-5-15-13)7-12(10)14-9(1)3-6-16-14/h1-8H. The van der Waals surface area contributed by atoms with Gasteiger partial charge in [0, 0.05) is 16.2 Å². The van der Waals surface area contributed by atoms with Crippen molar-refractivity contribution in [1.29, 1.82) is 0 Å². The predicted octanol–water partition coefficient (Wildman–Crippen LogP) is 4.33. The third kappa shape index (κ3) is 0.910. The molecule has 0 fully saturated rings. The van der Waals surface area contributed by atoms with Gasteiger partial charge in [0.25, 0.3) is 0 Å². The summed E-state index contributed by atoms with van der Waals surface area (Å²) in [7, 11) is 0. The molecule has 0 aliphatic carbocycles. The van der Waals surface area contributed by atoms with Crippen molar-refractivity contribution in [2.45, 2.75) is 0 Å². The van der Waals surface area contributed by atoms with E-state index >= 15 is 0 Å². The van der Waals surface area contributed by atoms with E-state index in [4.69, 9.17) is 8.83 Å². The van der Waals surface area contributed by atoms with Gasteiger partial charge in [-0.15, -0.1) is 0 Å². The molecule has 2 heteroatoms. The van der Waals surface area contributed by atoms with Crippen LogP contribution in [0, 0.1) is 0 Å². The molecule has 2 heterocycles. The van der Waals surface area contributed by atoms with Crippen molar-refractivity contribution in [2.24, 2.45) is 0 Å². The van der Waals surface area contributed by atoms with Crippen LogP contribution >= 0.6 is 0 Å². The van der Waals surface area contributed by atoms with Gasteiger partial charge in [-0.2, -0.15) is 0 Å². The quantitative estimate of drug-likeness (QED) is 0.430. The van der Waals surface area contributed by atoms with Crippen molar-refractivity contribution in [3.8, 4) is 0 Å². The molecule has 0 atom stereocenters. The van der Waals surface area contributed by atoms with Crippen LogP contribution in [0.1, 0.15) is 0 Å². The van der Waals surface area contributed by atoms with Gasteiger partial charge in [-0.3, -0.25) is 0 Å². The lowest BCUT2D eigenvalue weighted by Crippen LogP contribution is -1.73. The molecule has 0 amide bonds. The van der Waals surface area contributed by atoms with Gasteiger partial charge in [0.2, 0.25) is 0 Å². The Morgan fingerprint density at radius 3 is 2.50 bits per heavy atom. The first kappa shape index (κ1) is 7.99. The molecule has 4 aromatic rings. The molecule has 0 radical (unpaired) electrons. The van der Waals surface area contributed by atoms with Gasteiger partial charge in [-0.25, -0.2) is 0 Å². The second-order valence-corrected chi connectivity index (χ2v) is 3.94. The molecule has 0 N–H and O–H groups in total. The SMILES string of the molecule is c1cc2cc3c(ccc4ccoc43)cc2o1. The third-order valence-corrected chi connectivity index (χ3v) is 3.01. The minimum atomic E-state index is 0.915. The van der Waals surface area contributed by atoms with Crippen molar-refractivity contribution < 1.29 is 8.83 Å². The molecular formula is C14H8O2. The number of benzene rings is 2. The van der Waals surface area contributed by atoms with Gasteiger partial charge in [0.1, 0.15) is 11.2 Å². The second-order valence-electron chi connectivity index (χ2n) is 3.94. The summed E-state index contributed by atoms with van der Waals surface area (Å²) in [4.78, 5) is 0. The van der Waals surface area contributed by atoms with Crippen LogP contribution in [0.3, 0.4) is 0 Å². The summed E-state index contributed by atoms with van der Waals surface area (Å²) in [6.07, 6.45) is 3.44. The normalized spacial score (nSPS) is 11.8. The Hall–Kier alpha value is -2.22. The molecule has 0 spiro atoms. The van der Waals surface area contributed by atoms with Gasteiger partial charge in [-0.1, -0.05) is 12.1 Å². The van der Waals surface area contributed by atoms with Crippen molar-refractivity contribution in [3.05, 3.63) is 48.9 Å². The van der Waals surface area contributed by atoms with Crippen LogP contribution in [0.2, 0.25) is 0 Å². The Bertz CT molecular complexity index is 804. The predicted molar refractivity (Wildman–Crippen MR) is 63.5 cm³/mol. The number of hydrogen-bond acceptors (Lipinski definition) is 2. The lowest BCUT2D eigenvalue weighted by molar-refractivity contribution is 0.616. The molecule has 0 unspecified atom stereocenters. The molecule has 2 nitrogen and oxygen atoms in total. The highest BCUT2D eigenvalue weighted by molar-refractivity contribution is 6.08. The number of fused-ring (bicyclic) bond motifs is 4. The average molecular weight is 208 g/mol. The Balaban J connectivity index is 2.33. The van der Waals surface area contributed by atoms with Gasteiger partial charge in [0.05, 0.1) is 12.5 Å². The molecule has 0 bridgehead atoms. The van der Waals surface area contributed by atoms with E-state index in [1.165, 1.54) is 0 Å². The summed E-state index contributed by atoms with van der Waals surface area (Å²) < 4.78 is 10.9. The van der Waals surface area contributed by atoms with Crippen LogP contribution in [0.15, 0.2) is 57.8 Å². The summed E-state index contributed by atoms with van der Waals surface area (Å²) in [5.74, 6) is 0. The second kappa shape index (κ2) is 2.67. The van der Waals surface area contributed by atoms with E-state index in [1.54, 1.807) is 12.5 Å². The van der Waals surface area contributed by atoms with Crippen LogP contribution in [-0.2, 0) is 0 Å². The fraction of sp³-hybridized carbons (Fsp3) is 0. The Labute approximate surface area is 91.1 Å². The molecule has 0 saturated carbocycles. The van der Waals surface area contributed by atoms with E-state index in [1.807, 2.05) is 18.2 Å². The van der Waals surface area contributed by atoms with Crippen molar-refractivity contribution >= 4 is 32.7 Å². The van der Waals surface area contributed by atoms with Crippen molar-refractivity contribution in [2.75, 3.05) is 0 Å². The van der Waals surface area contributed by atoms with E-state index in [0.29, 0.717) is 0 Å². The van der Waals surface area contributed by atoms with Crippen LogP contribution in [-0.4, -0.2) is 0 Å². The first-order valence-electron chi connectivity index (χ1n) is 5.19. The monoisotopic (exact) mass is 208 g/mol. The highest BCUT2D eigenvalue weighted by Gasteiger charge is 2.06. The molecule has 76 valence electrons. The summed E-state index contributed by atoms with van der Waals surface area (Å²) >= 11 is 0. The zero-order valence-corrected chi connectivity index (χ0v) is 8.44. The van der Waals surface area contributed by atoms with E-state index in [-0.39, 0.29) is 0 Å². The molecule has 4 rings (SSSR count). The average Bonchev–Trinajstić information content (AvgIpc) is 2.94. The summed E-state index contributed by atoms with van der Waals surface area (Å²) in [6.45, 7) is 0. The zero-order chi connectivity index (χ0) is 10.5. The molecule has 0 saturated heterocycles. The maximum atomic E-state index is 5.53. The number of furan rings is 2. The minimum absolute atomic E-state index is 0.915. The van der Waals surface area contributed by atoms with E-state index in [2.05, 4.69) is 18.2 Å². The van der Waals surface area contributed by atoms with Crippen LogP contribution in [0.25, 0.3) is 32.7 Å². The maximum absolute atomic E-state index is 5.53. The van der Waals surface area contributed by atoms with Gasteiger partial charge in [-0.05, 0) is 29.7 Å². The Morgan fingerprint density at radius 2 is 1.50 bits per heavy atom. The Kier molecular flexibility index (Phi) is 1.33. The lowest BCUT2D eigenvalue weighted by Gasteiger charge is -1.98. The third-order valence-electron chi connectivity index (χ3n) is 3.01. The minimum Gasteiger partial charge on any atom is -0.464 e. The van der Waals surface area contributed by atoms with E-state index < -0.39 is 0 Å². The Morgan fingerprint density at radius 1 is 0.688 bits per heavy atom. The van der Waals surface area contributed by atoms with Crippen molar-refractivity contribution in [1.82, 2.24) is 0 Å².